The largest absolute Gasteiger partial charge is 0.573 e. The molecule has 0 fully saturated rings. The van der Waals surface area contributed by atoms with Gasteiger partial charge in [0.2, 0.25) is 0 Å². The Labute approximate surface area is 123 Å². The highest BCUT2D eigenvalue weighted by Crippen LogP contribution is 2.29. The van der Waals surface area contributed by atoms with Crippen molar-refractivity contribution in [2.24, 2.45) is 0 Å². The fraction of sp³-hybridized carbons (Fsp3) is 0.133. The molecule has 2 aromatic carbocycles. The van der Waals surface area contributed by atoms with Crippen molar-refractivity contribution in [3.8, 4) is 5.75 Å². The molecule has 0 saturated carbocycles. The van der Waals surface area contributed by atoms with Crippen LogP contribution in [0.25, 0.3) is 4.72 Å². The first-order valence-corrected chi connectivity index (χ1v) is 7.59. The van der Waals surface area contributed by atoms with Gasteiger partial charge in [-0.2, -0.15) is 0 Å². The molecular weight excluding hydrogens is 290 g/mol. The maximum absolute atomic E-state index is 12.2. The number of sulfonamides is 1. The van der Waals surface area contributed by atoms with Gasteiger partial charge in [-0.25, -0.2) is 8.42 Å². The Morgan fingerprint density at radius 1 is 1.10 bits per heavy atom. The van der Waals surface area contributed by atoms with E-state index >= 15 is 0 Å². The molecule has 21 heavy (non-hydrogen) atoms. The van der Waals surface area contributed by atoms with Gasteiger partial charge in [-0.1, -0.05) is 24.3 Å². The molecule has 0 N–H and O–H groups in total. The Balaban J connectivity index is 2.28. The quantitative estimate of drug-likeness (QED) is 0.794. The molecule has 6 heteroatoms. The zero-order chi connectivity index (χ0) is 15.5. The Hall–Kier alpha value is -2.34. The highest BCUT2D eigenvalue weighted by Gasteiger charge is 2.05. The average Bonchev–Trinajstić information content (AvgIpc) is 2.47. The molecule has 2 aromatic rings. The summed E-state index contributed by atoms with van der Waals surface area (Å²) in [5.74, 6) is 0.418. The van der Waals surface area contributed by atoms with Crippen LogP contribution in [-0.2, 0) is 10.0 Å². The number of rotatable bonds is 5. The molecule has 0 heterocycles. The van der Waals surface area contributed by atoms with Gasteiger partial charge in [-0.15, -0.1) is 5.69 Å². The fourth-order valence-corrected chi connectivity index (χ4v) is 2.70. The van der Waals surface area contributed by atoms with E-state index in [1.165, 1.54) is 38.3 Å². The van der Waals surface area contributed by atoms with Crippen LogP contribution in [0.15, 0.2) is 53.4 Å². The molecule has 0 amide bonds. The van der Waals surface area contributed by atoms with Crippen LogP contribution >= 0.6 is 0 Å². The molecule has 0 unspecified atom stereocenters. The van der Waals surface area contributed by atoms with E-state index in [1.807, 2.05) is 0 Å². The lowest BCUT2D eigenvalue weighted by atomic mass is 10.1. The lowest BCUT2D eigenvalue weighted by Crippen LogP contribution is -1.98. The standard InChI is InChI=1S/C15H14NO4S/c1-11(17)12-4-3-5-13(10-12)16-21(18,19)15-8-6-14(20-2)7-9-15/h3-10H,1-2H3/q-1. The van der Waals surface area contributed by atoms with Crippen molar-refractivity contribution < 1.29 is 17.9 Å². The van der Waals surface area contributed by atoms with Crippen molar-refractivity contribution in [2.45, 2.75) is 11.8 Å². The first kappa shape index (κ1) is 15.1. The minimum atomic E-state index is -3.82. The van der Waals surface area contributed by atoms with Crippen LogP contribution in [0.4, 0.5) is 5.69 Å². The minimum Gasteiger partial charge on any atom is -0.573 e. The molecule has 2 rings (SSSR count). The summed E-state index contributed by atoms with van der Waals surface area (Å²) in [6, 6.07) is 12.1. The van der Waals surface area contributed by atoms with Gasteiger partial charge in [-0.05, 0) is 31.2 Å². The highest BCUT2D eigenvalue weighted by atomic mass is 32.2. The summed E-state index contributed by atoms with van der Waals surface area (Å²) < 4.78 is 33.1. The number of hydrogen-bond donors (Lipinski definition) is 0. The van der Waals surface area contributed by atoms with Gasteiger partial charge in [0.1, 0.15) is 15.8 Å². The highest BCUT2D eigenvalue weighted by molar-refractivity contribution is 7.94. The predicted molar refractivity (Wildman–Crippen MR) is 79.6 cm³/mol. The third kappa shape index (κ3) is 3.61. The maximum Gasteiger partial charge on any atom is 0.159 e. The third-order valence-corrected chi connectivity index (χ3v) is 4.15. The van der Waals surface area contributed by atoms with Crippen LogP contribution in [0.1, 0.15) is 17.3 Å². The average molecular weight is 304 g/mol. The first-order valence-electron chi connectivity index (χ1n) is 6.15. The second-order valence-corrected chi connectivity index (χ2v) is 5.95. The van der Waals surface area contributed by atoms with Crippen LogP contribution in [0.5, 0.6) is 5.75 Å². The first-order chi connectivity index (χ1) is 9.92. The van der Waals surface area contributed by atoms with Crippen molar-refractivity contribution in [3.63, 3.8) is 0 Å². The normalized spacial score (nSPS) is 11.0. The molecule has 0 radical (unpaired) electrons. The Morgan fingerprint density at radius 3 is 2.33 bits per heavy atom. The smallest absolute Gasteiger partial charge is 0.159 e. The molecule has 0 aliphatic carbocycles. The van der Waals surface area contributed by atoms with E-state index in [0.717, 1.165) is 0 Å². The van der Waals surface area contributed by atoms with Crippen LogP contribution in [-0.4, -0.2) is 21.3 Å². The van der Waals surface area contributed by atoms with E-state index in [4.69, 9.17) is 4.74 Å². The van der Waals surface area contributed by atoms with Crippen LogP contribution in [0.3, 0.4) is 0 Å². The Kier molecular flexibility index (Phi) is 4.28. The number of ether oxygens (including phenoxy) is 1. The van der Waals surface area contributed by atoms with Crippen molar-refractivity contribution in [1.29, 1.82) is 0 Å². The zero-order valence-corrected chi connectivity index (χ0v) is 12.4. The molecular formula is C15H14NO4S-. The van der Waals surface area contributed by atoms with E-state index in [2.05, 4.69) is 4.72 Å². The van der Waals surface area contributed by atoms with Gasteiger partial charge in [0.25, 0.3) is 0 Å². The van der Waals surface area contributed by atoms with Crippen molar-refractivity contribution >= 4 is 21.5 Å². The van der Waals surface area contributed by atoms with Crippen LogP contribution in [0.2, 0.25) is 0 Å². The van der Waals surface area contributed by atoms with Crippen LogP contribution < -0.4 is 4.74 Å². The van der Waals surface area contributed by atoms with Gasteiger partial charge in [-0.3, -0.25) is 4.79 Å². The molecule has 0 aliphatic rings. The second kappa shape index (κ2) is 5.97. The molecule has 110 valence electrons. The lowest BCUT2D eigenvalue weighted by molar-refractivity contribution is 0.101. The summed E-state index contributed by atoms with van der Waals surface area (Å²) >= 11 is 0. The SMILES string of the molecule is COc1ccc(S(=O)(=O)[N-]c2cccc(C(C)=O)c2)cc1. The Bertz CT molecular complexity index is 751. The maximum atomic E-state index is 12.2. The fourth-order valence-electron chi connectivity index (χ4n) is 1.72. The summed E-state index contributed by atoms with van der Waals surface area (Å²) in [7, 11) is -2.32. The summed E-state index contributed by atoms with van der Waals surface area (Å²) in [6.07, 6.45) is 0. The number of carbonyl (C=O) groups is 1. The van der Waals surface area contributed by atoms with E-state index in [0.29, 0.717) is 11.3 Å². The van der Waals surface area contributed by atoms with Gasteiger partial charge >= 0.3 is 0 Å². The number of methoxy groups -OCH3 is 1. The molecule has 0 saturated heterocycles. The monoisotopic (exact) mass is 304 g/mol. The van der Waals surface area contributed by atoms with Crippen molar-refractivity contribution in [2.75, 3.05) is 7.11 Å². The number of nitrogens with zero attached hydrogens (tertiary/aromatic N) is 1. The molecule has 0 aliphatic heterocycles. The summed E-state index contributed by atoms with van der Waals surface area (Å²) in [5.41, 5.74) is 0.639. The lowest BCUT2D eigenvalue weighted by Gasteiger charge is -2.22. The predicted octanol–water partition coefficient (Wildman–Crippen LogP) is 3.29. The van der Waals surface area contributed by atoms with Gasteiger partial charge in [0, 0.05) is 5.56 Å². The summed E-state index contributed by atoms with van der Waals surface area (Å²) in [5, 5.41) is 0. The van der Waals surface area contributed by atoms with E-state index in [-0.39, 0.29) is 16.4 Å². The van der Waals surface area contributed by atoms with Crippen LogP contribution in [0, 0.1) is 0 Å². The molecule has 0 atom stereocenters. The number of hydrogen-bond acceptors (Lipinski definition) is 4. The molecule has 0 aromatic heterocycles. The number of ketones is 1. The number of carbonyl (C=O) groups excluding carboxylic acids is 1. The van der Waals surface area contributed by atoms with Crippen molar-refractivity contribution in [1.82, 2.24) is 0 Å². The topological polar surface area (TPSA) is 74.5 Å². The molecule has 5 nitrogen and oxygen atoms in total. The zero-order valence-electron chi connectivity index (χ0n) is 11.6. The second-order valence-electron chi connectivity index (χ2n) is 4.35. The van der Waals surface area contributed by atoms with Gasteiger partial charge in [0.05, 0.1) is 12.0 Å². The number of benzene rings is 2. The van der Waals surface area contributed by atoms with Gasteiger partial charge in [0.15, 0.2) is 5.78 Å². The van der Waals surface area contributed by atoms with E-state index in [1.54, 1.807) is 24.3 Å². The van der Waals surface area contributed by atoms with E-state index < -0.39 is 10.0 Å². The molecule has 0 bridgehead atoms. The third-order valence-electron chi connectivity index (χ3n) is 2.84. The van der Waals surface area contributed by atoms with Gasteiger partial charge < -0.3 is 9.46 Å². The summed E-state index contributed by atoms with van der Waals surface area (Å²) in [4.78, 5) is 11.4. The van der Waals surface area contributed by atoms with Crippen molar-refractivity contribution in [3.05, 3.63) is 58.8 Å². The molecule has 0 spiro atoms. The van der Waals surface area contributed by atoms with E-state index in [9.17, 15) is 13.2 Å². The minimum absolute atomic E-state index is 0.0662. The number of Topliss-reactive ketones (excluding diaryl/α,β-unsaturated/α-hetero) is 1. The Morgan fingerprint density at radius 2 is 1.76 bits per heavy atom. The summed E-state index contributed by atoms with van der Waals surface area (Å²) in [6.45, 7) is 1.41.